The minimum Gasteiger partial charge on any atom is -0.282 e. The van der Waals surface area contributed by atoms with Crippen LogP contribution in [0, 0.1) is 0 Å². The van der Waals surface area contributed by atoms with Crippen LogP contribution in [0.15, 0.2) is 46.2 Å². The van der Waals surface area contributed by atoms with E-state index in [2.05, 4.69) is 0 Å². The number of rotatable bonds is 2. The topological polar surface area (TPSA) is 109 Å². The molecule has 0 spiro atoms. The summed E-state index contributed by atoms with van der Waals surface area (Å²) in [5.74, 6) is 0. The third kappa shape index (κ3) is 3.60. The largest absolute Gasteiger partial charge is 0.295 e. The van der Waals surface area contributed by atoms with Gasteiger partial charge in [-0.15, -0.1) is 24.8 Å². The summed E-state index contributed by atoms with van der Waals surface area (Å²) in [6.45, 7) is 0. The van der Waals surface area contributed by atoms with Crippen molar-refractivity contribution in [1.82, 2.24) is 0 Å². The molecule has 0 unspecified atom stereocenters. The molecule has 20 heavy (non-hydrogen) atoms. The molecule has 0 radical (unpaired) electrons. The molecule has 0 amide bonds. The van der Waals surface area contributed by atoms with Crippen LogP contribution in [-0.2, 0) is 20.2 Å². The van der Waals surface area contributed by atoms with Crippen LogP contribution in [0.1, 0.15) is 0 Å². The van der Waals surface area contributed by atoms with Crippen molar-refractivity contribution in [3.8, 4) is 0 Å². The fourth-order valence-corrected chi connectivity index (χ4v) is 3.09. The first kappa shape index (κ1) is 19.1. The van der Waals surface area contributed by atoms with Crippen molar-refractivity contribution in [3.05, 3.63) is 36.4 Å². The molecule has 2 rings (SSSR count). The first-order chi connectivity index (χ1) is 8.21. The van der Waals surface area contributed by atoms with Crippen LogP contribution in [0.25, 0.3) is 10.8 Å². The molecule has 2 N–H and O–H groups in total. The van der Waals surface area contributed by atoms with Gasteiger partial charge in [-0.25, -0.2) is 0 Å². The van der Waals surface area contributed by atoms with E-state index in [1.54, 1.807) is 0 Å². The second kappa shape index (κ2) is 6.25. The van der Waals surface area contributed by atoms with E-state index in [4.69, 9.17) is 9.11 Å². The van der Waals surface area contributed by atoms with Gasteiger partial charge < -0.3 is 0 Å². The van der Waals surface area contributed by atoms with Crippen molar-refractivity contribution < 1.29 is 25.9 Å². The van der Waals surface area contributed by atoms with Crippen LogP contribution in [0.4, 0.5) is 0 Å². The standard InChI is InChI=1S/C10H8O6S2.2ClH/c11-17(12,13)9-5-6-10(18(14,15)16)8-4-2-1-3-7(8)9;;/h1-6H,(H,11,12,13)(H,14,15,16);2*1H. The quantitative estimate of drug-likeness (QED) is 0.794. The molecule has 0 heterocycles. The Kier molecular flexibility index (Phi) is 5.97. The fourth-order valence-electron chi connectivity index (χ4n) is 1.69. The molecular formula is C10H10Cl2O6S2. The molecule has 112 valence electrons. The Balaban J connectivity index is 0.00000180. The normalized spacial score (nSPS) is 11.5. The Morgan fingerprint density at radius 1 is 0.650 bits per heavy atom. The Labute approximate surface area is 128 Å². The number of benzene rings is 2. The van der Waals surface area contributed by atoms with Gasteiger partial charge in [-0.3, -0.25) is 9.11 Å². The SMILES string of the molecule is Cl.Cl.O=S(=O)(O)c1ccc(S(=O)(=O)O)c2ccccc12. The molecule has 0 saturated heterocycles. The van der Waals surface area contributed by atoms with E-state index in [-0.39, 0.29) is 35.6 Å². The lowest BCUT2D eigenvalue weighted by atomic mass is 10.1. The predicted molar refractivity (Wildman–Crippen MR) is 78.1 cm³/mol. The van der Waals surface area contributed by atoms with Gasteiger partial charge in [-0.2, -0.15) is 16.8 Å². The molecule has 6 nitrogen and oxygen atoms in total. The molecule has 0 fully saturated rings. The van der Waals surface area contributed by atoms with Crippen LogP contribution >= 0.6 is 24.8 Å². The van der Waals surface area contributed by atoms with Crippen molar-refractivity contribution in [2.24, 2.45) is 0 Å². The van der Waals surface area contributed by atoms with Crippen molar-refractivity contribution in [3.63, 3.8) is 0 Å². The Hall–Kier alpha value is -0.900. The lowest BCUT2D eigenvalue weighted by Gasteiger charge is -2.07. The van der Waals surface area contributed by atoms with Gasteiger partial charge >= 0.3 is 0 Å². The van der Waals surface area contributed by atoms with Crippen molar-refractivity contribution in [2.75, 3.05) is 0 Å². The lowest BCUT2D eigenvalue weighted by molar-refractivity contribution is 0.480. The third-order valence-corrected chi connectivity index (χ3v) is 4.22. The number of fused-ring (bicyclic) bond motifs is 1. The smallest absolute Gasteiger partial charge is 0.282 e. The van der Waals surface area contributed by atoms with Crippen molar-refractivity contribution >= 4 is 55.8 Å². The van der Waals surface area contributed by atoms with Gasteiger partial charge in [0.2, 0.25) is 0 Å². The predicted octanol–water partition coefficient (Wildman–Crippen LogP) is 2.18. The summed E-state index contributed by atoms with van der Waals surface area (Å²) in [4.78, 5) is -0.823. The van der Waals surface area contributed by atoms with Gasteiger partial charge in [0.05, 0.1) is 0 Å². The van der Waals surface area contributed by atoms with E-state index in [1.807, 2.05) is 0 Å². The second-order valence-corrected chi connectivity index (χ2v) is 6.34. The van der Waals surface area contributed by atoms with Gasteiger partial charge in [0.15, 0.2) is 0 Å². The maximum Gasteiger partial charge on any atom is 0.295 e. The zero-order chi connectivity index (χ0) is 13.6. The minimum absolute atomic E-state index is 0. The first-order valence-electron chi connectivity index (χ1n) is 4.68. The van der Waals surface area contributed by atoms with Crippen LogP contribution in [-0.4, -0.2) is 25.9 Å². The molecular weight excluding hydrogens is 351 g/mol. The van der Waals surface area contributed by atoms with E-state index < -0.39 is 30.0 Å². The molecule has 0 saturated carbocycles. The highest BCUT2D eigenvalue weighted by Gasteiger charge is 2.20. The average Bonchev–Trinajstić information content (AvgIpc) is 2.24. The molecule has 2 aromatic carbocycles. The summed E-state index contributed by atoms with van der Waals surface area (Å²) in [6.07, 6.45) is 0. The van der Waals surface area contributed by atoms with Crippen LogP contribution < -0.4 is 0 Å². The fraction of sp³-hybridized carbons (Fsp3) is 0. The number of hydrogen-bond donors (Lipinski definition) is 2. The van der Waals surface area contributed by atoms with Gasteiger partial charge in [-0.1, -0.05) is 24.3 Å². The Morgan fingerprint density at radius 2 is 0.950 bits per heavy atom. The highest BCUT2D eigenvalue weighted by atomic mass is 35.5. The van der Waals surface area contributed by atoms with Crippen molar-refractivity contribution in [2.45, 2.75) is 9.79 Å². The van der Waals surface area contributed by atoms with Crippen LogP contribution in [0.2, 0.25) is 0 Å². The Morgan fingerprint density at radius 3 is 1.20 bits per heavy atom. The molecule has 0 atom stereocenters. The molecule has 0 aliphatic rings. The summed E-state index contributed by atoms with van der Waals surface area (Å²) < 4.78 is 62.7. The highest BCUT2D eigenvalue weighted by Crippen LogP contribution is 2.28. The Bertz CT molecular complexity index is 759. The monoisotopic (exact) mass is 360 g/mol. The van der Waals surface area contributed by atoms with Crippen LogP contribution in [0.5, 0.6) is 0 Å². The number of hydrogen-bond acceptors (Lipinski definition) is 4. The maximum atomic E-state index is 11.2. The molecule has 0 aliphatic carbocycles. The summed E-state index contributed by atoms with van der Waals surface area (Å²) >= 11 is 0. The minimum atomic E-state index is -4.47. The summed E-state index contributed by atoms with van der Waals surface area (Å²) in [6, 6.07) is 7.53. The van der Waals surface area contributed by atoms with E-state index in [9.17, 15) is 16.8 Å². The van der Waals surface area contributed by atoms with E-state index in [1.165, 1.54) is 24.3 Å². The third-order valence-electron chi connectivity index (χ3n) is 2.40. The van der Waals surface area contributed by atoms with Crippen molar-refractivity contribution in [1.29, 1.82) is 0 Å². The summed E-state index contributed by atoms with van der Waals surface area (Å²) in [5, 5.41) is 0.0465. The number of halogens is 2. The zero-order valence-electron chi connectivity index (χ0n) is 9.62. The van der Waals surface area contributed by atoms with Gasteiger partial charge in [0, 0.05) is 10.8 Å². The summed E-state index contributed by atoms with van der Waals surface area (Å²) in [7, 11) is -8.94. The molecule has 2 aromatic rings. The van der Waals surface area contributed by atoms with Crippen LogP contribution in [0.3, 0.4) is 0 Å². The lowest BCUT2D eigenvalue weighted by Crippen LogP contribution is -2.03. The molecule has 0 aromatic heterocycles. The second-order valence-electron chi connectivity index (χ2n) is 3.56. The molecule has 0 aliphatic heterocycles. The molecule has 10 heteroatoms. The molecule has 0 bridgehead atoms. The van der Waals surface area contributed by atoms with E-state index >= 15 is 0 Å². The van der Waals surface area contributed by atoms with E-state index in [0.29, 0.717) is 0 Å². The summed E-state index contributed by atoms with van der Waals surface area (Å²) in [5.41, 5.74) is 0. The van der Waals surface area contributed by atoms with Gasteiger partial charge in [0.25, 0.3) is 20.2 Å². The maximum absolute atomic E-state index is 11.2. The average molecular weight is 361 g/mol. The van der Waals surface area contributed by atoms with Gasteiger partial charge in [0.1, 0.15) is 9.79 Å². The zero-order valence-corrected chi connectivity index (χ0v) is 12.9. The first-order valence-corrected chi connectivity index (χ1v) is 7.56. The van der Waals surface area contributed by atoms with E-state index in [0.717, 1.165) is 12.1 Å². The highest BCUT2D eigenvalue weighted by molar-refractivity contribution is 7.86. The van der Waals surface area contributed by atoms with Gasteiger partial charge in [-0.05, 0) is 12.1 Å².